The van der Waals surface area contributed by atoms with Crippen molar-refractivity contribution in [1.82, 2.24) is 0 Å². The van der Waals surface area contributed by atoms with Crippen LogP contribution in [-0.4, -0.2) is 29.8 Å². The zero-order valence-corrected chi connectivity index (χ0v) is 10.3. The van der Waals surface area contributed by atoms with Crippen LogP contribution in [0, 0.1) is 0 Å². The minimum Gasteiger partial charge on any atom is -0.379 e. The van der Waals surface area contributed by atoms with Gasteiger partial charge in [-0.15, -0.1) is 0 Å². The Hall–Kier alpha value is 0.270. The molecule has 0 aromatic heterocycles. The Balaban J connectivity index is 3.47. The molecule has 2 nitrogen and oxygen atoms in total. The Morgan fingerprint density at radius 2 is 1.77 bits per heavy atom. The molecule has 0 atom stereocenters. The van der Waals surface area contributed by atoms with Gasteiger partial charge in [0.05, 0.1) is 5.60 Å². The van der Waals surface area contributed by atoms with E-state index in [1.54, 1.807) is 7.11 Å². The fourth-order valence-corrected chi connectivity index (χ4v) is 2.06. The first-order chi connectivity index (χ1) is 5.77. The van der Waals surface area contributed by atoms with Crippen LogP contribution in [0.1, 0.15) is 34.1 Å². The molecule has 0 aromatic carbocycles. The molecular formula is C10H23NOS. The molecule has 80 valence electrons. The topological polar surface area (TPSA) is 35.2 Å². The number of rotatable bonds is 6. The standard InChI is InChI=1S/C10H23NOS/c1-9(2,11)8-13-7-6-10(3,4)12-5/h6-8,11H2,1-5H3. The van der Waals surface area contributed by atoms with Gasteiger partial charge in [-0.1, -0.05) is 0 Å². The lowest BCUT2D eigenvalue weighted by Crippen LogP contribution is -2.35. The first-order valence-electron chi connectivity index (χ1n) is 4.69. The summed E-state index contributed by atoms with van der Waals surface area (Å²) in [4.78, 5) is 0. The molecule has 2 N–H and O–H groups in total. The van der Waals surface area contributed by atoms with E-state index in [1.165, 1.54) is 0 Å². The van der Waals surface area contributed by atoms with E-state index >= 15 is 0 Å². The molecule has 0 fully saturated rings. The molecule has 0 rings (SSSR count). The first-order valence-corrected chi connectivity index (χ1v) is 5.84. The Morgan fingerprint density at radius 3 is 2.15 bits per heavy atom. The lowest BCUT2D eigenvalue weighted by atomic mass is 10.1. The summed E-state index contributed by atoms with van der Waals surface area (Å²) in [6, 6.07) is 0. The number of methoxy groups -OCH3 is 1. The van der Waals surface area contributed by atoms with E-state index in [9.17, 15) is 0 Å². The highest BCUT2D eigenvalue weighted by molar-refractivity contribution is 7.99. The fraction of sp³-hybridized carbons (Fsp3) is 1.00. The van der Waals surface area contributed by atoms with Crippen LogP contribution in [0.3, 0.4) is 0 Å². The van der Waals surface area contributed by atoms with Crippen molar-refractivity contribution in [2.45, 2.75) is 45.3 Å². The Morgan fingerprint density at radius 1 is 1.23 bits per heavy atom. The largest absolute Gasteiger partial charge is 0.379 e. The minimum atomic E-state index is -0.0537. The summed E-state index contributed by atoms with van der Waals surface area (Å²) in [7, 11) is 1.76. The molecule has 0 amide bonds. The summed E-state index contributed by atoms with van der Waals surface area (Å²) in [5.41, 5.74) is 5.82. The van der Waals surface area contributed by atoms with Crippen molar-refractivity contribution >= 4 is 11.8 Å². The van der Waals surface area contributed by atoms with Gasteiger partial charge >= 0.3 is 0 Å². The van der Waals surface area contributed by atoms with E-state index in [2.05, 4.69) is 27.7 Å². The van der Waals surface area contributed by atoms with E-state index in [-0.39, 0.29) is 11.1 Å². The lowest BCUT2D eigenvalue weighted by Gasteiger charge is -2.23. The van der Waals surface area contributed by atoms with Gasteiger partial charge in [-0.3, -0.25) is 0 Å². The quantitative estimate of drug-likeness (QED) is 0.676. The maximum absolute atomic E-state index is 5.87. The fourth-order valence-electron chi connectivity index (χ4n) is 0.755. The third-order valence-corrected chi connectivity index (χ3v) is 3.32. The Kier molecular flexibility index (Phi) is 5.33. The molecular weight excluding hydrogens is 182 g/mol. The molecule has 0 aromatic rings. The molecule has 0 saturated carbocycles. The van der Waals surface area contributed by atoms with Gasteiger partial charge in [-0.25, -0.2) is 0 Å². The van der Waals surface area contributed by atoms with Crippen molar-refractivity contribution < 1.29 is 4.74 Å². The zero-order chi connectivity index (χ0) is 10.5. The molecule has 0 aliphatic rings. The first kappa shape index (κ1) is 13.3. The van der Waals surface area contributed by atoms with Gasteiger partial charge in [-0.2, -0.15) is 11.8 Å². The van der Waals surface area contributed by atoms with E-state index in [4.69, 9.17) is 10.5 Å². The summed E-state index contributed by atoms with van der Waals surface area (Å²) in [5.74, 6) is 2.12. The van der Waals surface area contributed by atoms with E-state index < -0.39 is 0 Å². The second-order valence-electron chi connectivity index (χ2n) is 4.75. The summed E-state index contributed by atoms with van der Waals surface area (Å²) in [6.07, 6.45) is 1.07. The van der Waals surface area contributed by atoms with Gasteiger partial charge in [0.15, 0.2) is 0 Å². The molecule has 13 heavy (non-hydrogen) atoms. The number of ether oxygens (including phenoxy) is 1. The summed E-state index contributed by atoms with van der Waals surface area (Å²) in [5, 5.41) is 0. The lowest BCUT2D eigenvalue weighted by molar-refractivity contribution is 0.0206. The van der Waals surface area contributed by atoms with Crippen LogP contribution in [0.5, 0.6) is 0 Å². The smallest absolute Gasteiger partial charge is 0.0630 e. The SMILES string of the molecule is COC(C)(C)CCSCC(C)(C)N. The maximum Gasteiger partial charge on any atom is 0.0630 e. The monoisotopic (exact) mass is 205 g/mol. The van der Waals surface area contributed by atoms with Gasteiger partial charge in [0.2, 0.25) is 0 Å². The average Bonchev–Trinajstić information content (AvgIpc) is 1.97. The summed E-state index contributed by atoms with van der Waals surface area (Å²) < 4.78 is 5.33. The number of hydrogen-bond donors (Lipinski definition) is 1. The van der Waals surface area contributed by atoms with Gasteiger partial charge in [0.1, 0.15) is 0 Å². The Labute approximate surface area is 86.6 Å². The van der Waals surface area contributed by atoms with Crippen molar-refractivity contribution in [2.24, 2.45) is 5.73 Å². The molecule has 0 spiro atoms. The van der Waals surface area contributed by atoms with Gasteiger partial charge in [0, 0.05) is 18.4 Å². The number of thioether (sulfide) groups is 1. The second kappa shape index (κ2) is 5.23. The van der Waals surface area contributed by atoms with Gasteiger partial charge in [0.25, 0.3) is 0 Å². The highest BCUT2D eigenvalue weighted by Crippen LogP contribution is 2.18. The van der Waals surface area contributed by atoms with E-state index in [0.717, 1.165) is 17.9 Å². The van der Waals surface area contributed by atoms with Crippen molar-refractivity contribution in [1.29, 1.82) is 0 Å². The Bertz CT molecular complexity index is 140. The molecule has 0 unspecified atom stereocenters. The van der Waals surface area contributed by atoms with Gasteiger partial charge < -0.3 is 10.5 Å². The van der Waals surface area contributed by atoms with E-state index in [0.29, 0.717) is 0 Å². The zero-order valence-electron chi connectivity index (χ0n) is 9.52. The highest BCUT2D eigenvalue weighted by Gasteiger charge is 2.16. The predicted molar refractivity (Wildman–Crippen MR) is 61.3 cm³/mol. The van der Waals surface area contributed by atoms with Crippen LogP contribution >= 0.6 is 11.8 Å². The average molecular weight is 205 g/mol. The predicted octanol–water partition coefficient (Wildman–Crippen LogP) is 2.27. The summed E-state index contributed by atoms with van der Waals surface area (Å²) in [6.45, 7) is 8.34. The molecule has 0 saturated heterocycles. The van der Waals surface area contributed by atoms with Crippen LogP contribution < -0.4 is 5.73 Å². The third kappa shape index (κ3) is 8.60. The van der Waals surface area contributed by atoms with Crippen LogP contribution in [0.4, 0.5) is 0 Å². The molecule has 0 bridgehead atoms. The van der Waals surface area contributed by atoms with Crippen LogP contribution in [0.25, 0.3) is 0 Å². The molecule has 3 heteroatoms. The molecule has 0 aliphatic carbocycles. The summed E-state index contributed by atoms with van der Waals surface area (Å²) >= 11 is 1.90. The van der Waals surface area contributed by atoms with Crippen molar-refractivity contribution in [3.05, 3.63) is 0 Å². The number of hydrogen-bond acceptors (Lipinski definition) is 3. The minimum absolute atomic E-state index is 0.00570. The molecule has 0 heterocycles. The van der Waals surface area contributed by atoms with Gasteiger partial charge in [-0.05, 0) is 39.9 Å². The number of nitrogens with two attached hydrogens (primary N) is 1. The highest BCUT2D eigenvalue weighted by atomic mass is 32.2. The normalized spacial score (nSPS) is 13.4. The van der Waals surface area contributed by atoms with E-state index in [1.807, 2.05) is 11.8 Å². The van der Waals surface area contributed by atoms with Crippen molar-refractivity contribution in [2.75, 3.05) is 18.6 Å². The van der Waals surface area contributed by atoms with Crippen LogP contribution in [0.2, 0.25) is 0 Å². The third-order valence-electron chi connectivity index (χ3n) is 1.88. The molecule has 0 radical (unpaired) electrons. The van der Waals surface area contributed by atoms with Crippen LogP contribution in [0.15, 0.2) is 0 Å². The van der Waals surface area contributed by atoms with Crippen LogP contribution in [-0.2, 0) is 4.74 Å². The van der Waals surface area contributed by atoms with Crippen molar-refractivity contribution in [3.63, 3.8) is 0 Å². The maximum atomic E-state index is 5.87. The second-order valence-corrected chi connectivity index (χ2v) is 5.86. The van der Waals surface area contributed by atoms with Crippen molar-refractivity contribution in [3.8, 4) is 0 Å². The molecule has 0 aliphatic heterocycles.